The molecule has 102 valence electrons. The maximum Gasteiger partial charge on any atom is 0.323 e. The summed E-state index contributed by atoms with van der Waals surface area (Å²) >= 11 is 0. The van der Waals surface area contributed by atoms with Crippen LogP contribution < -0.4 is 5.73 Å². The first-order valence-electron chi connectivity index (χ1n) is 5.34. The fourth-order valence-electron chi connectivity index (χ4n) is 1.01. The fourth-order valence-corrected chi connectivity index (χ4v) is 1.43. The van der Waals surface area contributed by atoms with Crippen LogP contribution in [0, 0.1) is 0 Å². The molecule has 2 N–H and O–H groups in total. The summed E-state index contributed by atoms with van der Waals surface area (Å²) in [6.07, 6.45) is 1.68. The monoisotopic (exact) mass is 267 g/mol. The molecule has 6 nitrogen and oxygen atoms in total. The highest BCUT2D eigenvalue weighted by atomic mass is 32.2. The molecule has 0 aromatic heterocycles. The van der Waals surface area contributed by atoms with Crippen LogP contribution in [0.3, 0.4) is 0 Å². The molecule has 7 heteroatoms. The van der Waals surface area contributed by atoms with E-state index in [1.165, 1.54) is 0 Å². The van der Waals surface area contributed by atoms with Crippen molar-refractivity contribution in [2.24, 2.45) is 5.73 Å². The normalized spacial score (nSPS) is 14.4. The second-order valence-corrected chi connectivity index (χ2v) is 6.45. The Labute approximate surface area is 103 Å². The van der Waals surface area contributed by atoms with Gasteiger partial charge in [-0.2, -0.15) is 8.42 Å². The lowest BCUT2D eigenvalue weighted by molar-refractivity contribution is -0.156. The van der Waals surface area contributed by atoms with E-state index in [9.17, 15) is 13.2 Å². The molecule has 0 aliphatic heterocycles. The van der Waals surface area contributed by atoms with Crippen LogP contribution in [0.15, 0.2) is 0 Å². The van der Waals surface area contributed by atoms with Crippen molar-refractivity contribution in [2.45, 2.75) is 45.3 Å². The number of carbonyl (C=O) groups excluding carboxylic acids is 1. The molecule has 0 aliphatic carbocycles. The van der Waals surface area contributed by atoms with Crippen molar-refractivity contribution in [2.75, 3.05) is 12.9 Å². The molecule has 0 saturated heterocycles. The molecule has 0 amide bonds. The summed E-state index contributed by atoms with van der Waals surface area (Å²) in [5.74, 6) is -0.489. The van der Waals surface area contributed by atoms with E-state index in [2.05, 4.69) is 4.18 Å². The third-order valence-corrected chi connectivity index (χ3v) is 2.26. The van der Waals surface area contributed by atoms with Crippen LogP contribution in [-0.2, 0) is 23.8 Å². The molecule has 0 heterocycles. The number of ether oxygens (including phenoxy) is 1. The summed E-state index contributed by atoms with van der Waals surface area (Å²) in [5.41, 5.74) is 5.02. The lowest BCUT2D eigenvalue weighted by Gasteiger charge is -2.22. The number of nitrogens with two attached hydrogens (primary N) is 1. The Hall–Kier alpha value is -0.660. The number of hydrogen-bond acceptors (Lipinski definition) is 6. The molecule has 0 radical (unpaired) electrons. The van der Waals surface area contributed by atoms with Gasteiger partial charge in [0.05, 0.1) is 12.9 Å². The number of rotatable bonds is 6. The first kappa shape index (κ1) is 16.3. The van der Waals surface area contributed by atoms with Crippen LogP contribution >= 0.6 is 0 Å². The highest BCUT2D eigenvalue weighted by Gasteiger charge is 2.21. The average Bonchev–Trinajstić information content (AvgIpc) is 2.07. The van der Waals surface area contributed by atoms with Gasteiger partial charge in [0.15, 0.2) is 0 Å². The minimum Gasteiger partial charge on any atom is -0.459 e. The third-order valence-electron chi connectivity index (χ3n) is 1.67. The molecule has 0 aromatic carbocycles. The van der Waals surface area contributed by atoms with E-state index in [0.717, 1.165) is 6.26 Å². The van der Waals surface area contributed by atoms with Crippen molar-refractivity contribution in [3.63, 3.8) is 0 Å². The maximum atomic E-state index is 11.4. The molecule has 0 aromatic rings. The smallest absolute Gasteiger partial charge is 0.323 e. The van der Waals surface area contributed by atoms with E-state index in [0.29, 0.717) is 12.8 Å². The zero-order valence-electron chi connectivity index (χ0n) is 10.7. The zero-order valence-corrected chi connectivity index (χ0v) is 11.5. The summed E-state index contributed by atoms with van der Waals surface area (Å²) in [5, 5.41) is 0. The standard InChI is InChI=1S/C10H21NO5S/c1-10(2,3)16-9(12)8(11)6-5-7-15-17(4,13)14/h8H,5-7,11H2,1-4H3. The van der Waals surface area contributed by atoms with E-state index in [1.807, 2.05) is 0 Å². The van der Waals surface area contributed by atoms with Gasteiger partial charge < -0.3 is 10.5 Å². The van der Waals surface area contributed by atoms with Gasteiger partial charge in [0.25, 0.3) is 10.1 Å². The van der Waals surface area contributed by atoms with Crippen LogP contribution in [0.4, 0.5) is 0 Å². The Morgan fingerprint density at radius 2 is 1.88 bits per heavy atom. The third kappa shape index (κ3) is 10.2. The van der Waals surface area contributed by atoms with Crippen molar-refractivity contribution < 1.29 is 22.1 Å². The molecule has 1 unspecified atom stereocenters. The second-order valence-electron chi connectivity index (χ2n) is 4.81. The lowest BCUT2D eigenvalue weighted by Crippen LogP contribution is -2.37. The molecule has 17 heavy (non-hydrogen) atoms. The number of hydrogen-bond donors (Lipinski definition) is 1. The Morgan fingerprint density at radius 3 is 2.29 bits per heavy atom. The van der Waals surface area contributed by atoms with Gasteiger partial charge in [-0.3, -0.25) is 8.98 Å². The zero-order chi connectivity index (χ0) is 13.7. The van der Waals surface area contributed by atoms with Crippen molar-refractivity contribution in [1.29, 1.82) is 0 Å². The van der Waals surface area contributed by atoms with Crippen molar-refractivity contribution in [3.05, 3.63) is 0 Å². The summed E-state index contributed by atoms with van der Waals surface area (Å²) in [6, 6.07) is -0.752. The first-order valence-corrected chi connectivity index (χ1v) is 7.16. The maximum absolute atomic E-state index is 11.4. The van der Waals surface area contributed by atoms with E-state index in [-0.39, 0.29) is 6.61 Å². The van der Waals surface area contributed by atoms with Gasteiger partial charge in [0.1, 0.15) is 11.6 Å². The van der Waals surface area contributed by atoms with Crippen LogP contribution in [0.25, 0.3) is 0 Å². The summed E-state index contributed by atoms with van der Waals surface area (Å²) < 4.78 is 30.9. The van der Waals surface area contributed by atoms with Gasteiger partial charge in [-0.15, -0.1) is 0 Å². The minimum absolute atomic E-state index is 0.0231. The van der Waals surface area contributed by atoms with E-state index >= 15 is 0 Å². The van der Waals surface area contributed by atoms with Crippen molar-refractivity contribution in [3.8, 4) is 0 Å². The number of carbonyl (C=O) groups is 1. The highest BCUT2D eigenvalue weighted by molar-refractivity contribution is 7.85. The Balaban J connectivity index is 3.87. The molecule has 0 saturated carbocycles. The number of esters is 1. The molecular formula is C10H21NO5S. The molecule has 1 atom stereocenters. The van der Waals surface area contributed by atoms with Crippen molar-refractivity contribution in [1.82, 2.24) is 0 Å². The van der Waals surface area contributed by atoms with Crippen LogP contribution in [0.5, 0.6) is 0 Å². The Bertz CT molecular complexity index is 344. The first-order chi connectivity index (χ1) is 7.51. The van der Waals surface area contributed by atoms with Crippen LogP contribution in [-0.4, -0.2) is 38.9 Å². The quantitative estimate of drug-likeness (QED) is 0.425. The van der Waals surface area contributed by atoms with E-state index < -0.39 is 27.7 Å². The van der Waals surface area contributed by atoms with Gasteiger partial charge in [0, 0.05) is 0 Å². The Kier molecular flexibility index (Phi) is 6.08. The van der Waals surface area contributed by atoms with E-state index in [1.54, 1.807) is 20.8 Å². The predicted molar refractivity (Wildman–Crippen MR) is 63.9 cm³/mol. The lowest BCUT2D eigenvalue weighted by atomic mass is 10.1. The largest absolute Gasteiger partial charge is 0.459 e. The molecular weight excluding hydrogens is 246 g/mol. The van der Waals surface area contributed by atoms with Crippen LogP contribution in [0.2, 0.25) is 0 Å². The van der Waals surface area contributed by atoms with E-state index in [4.69, 9.17) is 10.5 Å². The van der Waals surface area contributed by atoms with Crippen LogP contribution in [0.1, 0.15) is 33.6 Å². The van der Waals surface area contributed by atoms with Gasteiger partial charge in [-0.1, -0.05) is 0 Å². The van der Waals surface area contributed by atoms with Gasteiger partial charge >= 0.3 is 5.97 Å². The SMILES string of the molecule is CC(C)(C)OC(=O)C(N)CCCOS(C)(=O)=O. The Morgan fingerprint density at radius 1 is 1.35 bits per heavy atom. The molecule has 0 aliphatic rings. The van der Waals surface area contributed by atoms with Gasteiger partial charge in [-0.05, 0) is 33.6 Å². The van der Waals surface area contributed by atoms with Crippen molar-refractivity contribution >= 4 is 16.1 Å². The summed E-state index contributed by atoms with van der Waals surface area (Å²) in [7, 11) is -3.43. The molecule has 0 bridgehead atoms. The topological polar surface area (TPSA) is 95.7 Å². The second kappa shape index (κ2) is 6.32. The summed E-state index contributed by atoms with van der Waals surface area (Å²) in [4.78, 5) is 11.4. The molecule has 0 fully saturated rings. The molecule has 0 spiro atoms. The van der Waals surface area contributed by atoms with Gasteiger partial charge in [0.2, 0.25) is 0 Å². The molecule has 0 rings (SSSR count). The highest BCUT2D eigenvalue weighted by Crippen LogP contribution is 2.09. The predicted octanol–water partition coefficient (Wildman–Crippen LogP) is 0.412. The minimum atomic E-state index is -3.43. The van der Waals surface area contributed by atoms with Gasteiger partial charge in [-0.25, -0.2) is 0 Å². The summed E-state index contributed by atoms with van der Waals surface area (Å²) in [6.45, 7) is 5.29. The average molecular weight is 267 g/mol. The fraction of sp³-hybridized carbons (Fsp3) is 0.900.